The number of hydrogen-bond donors (Lipinski definition) is 1. The predicted molar refractivity (Wildman–Crippen MR) is 67.2 cm³/mol. The van der Waals surface area contributed by atoms with Gasteiger partial charge in [0.1, 0.15) is 6.04 Å². The van der Waals surface area contributed by atoms with Crippen LogP contribution in [0.4, 0.5) is 0 Å². The van der Waals surface area contributed by atoms with Gasteiger partial charge in [-0.2, -0.15) is 5.26 Å². The Kier molecular flexibility index (Phi) is 6.44. The first kappa shape index (κ1) is 13.5. The molecule has 0 bridgehead atoms. The average molecular weight is 223 g/mol. The molecular weight excluding hydrogens is 198 g/mol. The first-order valence-corrected chi connectivity index (χ1v) is 6.68. The standard InChI is InChI=1S/C13H25N3/c1-3-15-12(10-14)11-16(4-2)13-8-6-5-7-9-13/h12-13,15H,3-9,11H2,1-2H3. The van der Waals surface area contributed by atoms with E-state index in [-0.39, 0.29) is 6.04 Å². The van der Waals surface area contributed by atoms with Gasteiger partial charge in [-0.05, 0) is 25.9 Å². The lowest BCUT2D eigenvalue weighted by molar-refractivity contribution is 0.156. The highest BCUT2D eigenvalue weighted by Crippen LogP contribution is 2.22. The molecule has 1 rings (SSSR count). The molecule has 0 aromatic heterocycles. The summed E-state index contributed by atoms with van der Waals surface area (Å²) in [7, 11) is 0. The van der Waals surface area contributed by atoms with Crippen LogP contribution in [-0.4, -0.2) is 36.6 Å². The predicted octanol–water partition coefficient (Wildman–Crippen LogP) is 2.14. The molecular formula is C13H25N3. The van der Waals surface area contributed by atoms with Crippen molar-refractivity contribution in [3.8, 4) is 6.07 Å². The maximum Gasteiger partial charge on any atom is 0.108 e. The fraction of sp³-hybridized carbons (Fsp3) is 0.923. The van der Waals surface area contributed by atoms with Crippen LogP contribution in [0.5, 0.6) is 0 Å². The summed E-state index contributed by atoms with van der Waals surface area (Å²) >= 11 is 0. The highest BCUT2D eigenvalue weighted by Gasteiger charge is 2.22. The van der Waals surface area contributed by atoms with Crippen molar-refractivity contribution in [2.24, 2.45) is 0 Å². The fourth-order valence-corrected chi connectivity index (χ4v) is 2.61. The van der Waals surface area contributed by atoms with Crippen molar-refractivity contribution in [1.82, 2.24) is 10.2 Å². The molecule has 3 heteroatoms. The van der Waals surface area contributed by atoms with Crippen molar-refractivity contribution in [2.45, 2.75) is 58.0 Å². The van der Waals surface area contributed by atoms with Gasteiger partial charge < -0.3 is 5.32 Å². The number of rotatable bonds is 6. The molecule has 1 atom stereocenters. The summed E-state index contributed by atoms with van der Waals surface area (Å²) in [4.78, 5) is 2.48. The second kappa shape index (κ2) is 7.65. The van der Waals surface area contributed by atoms with E-state index in [1.54, 1.807) is 0 Å². The number of nitrogens with zero attached hydrogens (tertiary/aromatic N) is 2. The molecule has 0 spiro atoms. The lowest BCUT2D eigenvalue weighted by atomic mass is 9.94. The van der Waals surface area contributed by atoms with Gasteiger partial charge in [0.05, 0.1) is 6.07 Å². The smallest absolute Gasteiger partial charge is 0.108 e. The van der Waals surface area contributed by atoms with Crippen molar-refractivity contribution in [3.63, 3.8) is 0 Å². The largest absolute Gasteiger partial charge is 0.301 e. The number of likely N-dealkylation sites (N-methyl/N-ethyl adjacent to an activating group) is 2. The normalized spacial score (nSPS) is 19.6. The van der Waals surface area contributed by atoms with Gasteiger partial charge in [0.15, 0.2) is 0 Å². The molecule has 1 aliphatic carbocycles. The molecule has 1 N–H and O–H groups in total. The van der Waals surface area contributed by atoms with Gasteiger partial charge in [0.2, 0.25) is 0 Å². The molecule has 1 fully saturated rings. The second-order valence-electron chi connectivity index (χ2n) is 4.62. The third-order valence-corrected chi connectivity index (χ3v) is 3.52. The molecule has 0 aliphatic heterocycles. The van der Waals surface area contributed by atoms with E-state index in [4.69, 9.17) is 5.26 Å². The molecule has 1 unspecified atom stereocenters. The lowest BCUT2D eigenvalue weighted by Crippen LogP contribution is -2.45. The van der Waals surface area contributed by atoms with Gasteiger partial charge in [0, 0.05) is 12.6 Å². The van der Waals surface area contributed by atoms with Crippen LogP contribution in [0.2, 0.25) is 0 Å². The number of nitrogens with one attached hydrogen (secondary N) is 1. The van der Waals surface area contributed by atoms with Crippen molar-refractivity contribution in [2.75, 3.05) is 19.6 Å². The Morgan fingerprint density at radius 1 is 1.31 bits per heavy atom. The zero-order chi connectivity index (χ0) is 11.8. The van der Waals surface area contributed by atoms with E-state index < -0.39 is 0 Å². The minimum Gasteiger partial charge on any atom is -0.301 e. The van der Waals surface area contributed by atoms with Crippen LogP contribution in [0.25, 0.3) is 0 Å². The van der Waals surface area contributed by atoms with Crippen LogP contribution in [0, 0.1) is 11.3 Å². The molecule has 92 valence electrons. The molecule has 1 aliphatic rings. The maximum atomic E-state index is 9.06. The second-order valence-corrected chi connectivity index (χ2v) is 4.62. The van der Waals surface area contributed by atoms with E-state index in [1.165, 1.54) is 32.1 Å². The van der Waals surface area contributed by atoms with Crippen molar-refractivity contribution in [3.05, 3.63) is 0 Å². The van der Waals surface area contributed by atoms with Gasteiger partial charge >= 0.3 is 0 Å². The summed E-state index contributed by atoms with van der Waals surface area (Å²) in [6.45, 7) is 7.08. The molecule has 3 nitrogen and oxygen atoms in total. The van der Waals surface area contributed by atoms with Crippen LogP contribution >= 0.6 is 0 Å². The van der Waals surface area contributed by atoms with Gasteiger partial charge in [-0.25, -0.2) is 0 Å². The molecule has 0 amide bonds. The van der Waals surface area contributed by atoms with Crippen LogP contribution in [0.1, 0.15) is 46.0 Å². The van der Waals surface area contributed by atoms with Crippen LogP contribution in [0.3, 0.4) is 0 Å². The molecule has 0 radical (unpaired) electrons. The third-order valence-electron chi connectivity index (χ3n) is 3.52. The Balaban J connectivity index is 2.43. The van der Waals surface area contributed by atoms with Gasteiger partial charge in [-0.1, -0.05) is 33.1 Å². The number of nitriles is 1. The quantitative estimate of drug-likeness (QED) is 0.750. The summed E-state index contributed by atoms with van der Waals surface area (Å²) in [6, 6.07) is 3.06. The fourth-order valence-electron chi connectivity index (χ4n) is 2.61. The Morgan fingerprint density at radius 2 is 2.00 bits per heavy atom. The first-order chi connectivity index (χ1) is 7.81. The van der Waals surface area contributed by atoms with E-state index in [0.717, 1.165) is 19.6 Å². The zero-order valence-corrected chi connectivity index (χ0v) is 10.7. The molecule has 0 aromatic carbocycles. The summed E-state index contributed by atoms with van der Waals surface area (Å²) in [6.07, 6.45) is 6.75. The molecule has 1 saturated carbocycles. The van der Waals surface area contributed by atoms with Crippen molar-refractivity contribution >= 4 is 0 Å². The maximum absolute atomic E-state index is 9.06. The Morgan fingerprint density at radius 3 is 2.50 bits per heavy atom. The molecule has 16 heavy (non-hydrogen) atoms. The van der Waals surface area contributed by atoms with Crippen molar-refractivity contribution in [1.29, 1.82) is 5.26 Å². The van der Waals surface area contributed by atoms with E-state index >= 15 is 0 Å². The van der Waals surface area contributed by atoms with E-state index in [2.05, 4.69) is 30.1 Å². The molecule has 0 aromatic rings. The Hall–Kier alpha value is -0.590. The summed E-state index contributed by atoms with van der Waals surface area (Å²) in [5.41, 5.74) is 0. The summed E-state index contributed by atoms with van der Waals surface area (Å²) in [5, 5.41) is 12.3. The van der Waals surface area contributed by atoms with Crippen LogP contribution in [0.15, 0.2) is 0 Å². The SMILES string of the molecule is CCNC(C#N)CN(CC)C1CCCCC1. The lowest BCUT2D eigenvalue weighted by Gasteiger charge is -2.34. The summed E-state index contributed by atoms with van der Waals surface area (Å²) < 4.78 is 0. The Bertz CT molecular complexity index is 216. The van der Waals surface area contributed by atoms with E-state index in [0.29, 0.717) is 6.04 Å². The number of hydrogen-bond acceptors (Lipinski definition) is 3. The van der Waals surface area contributed by atoms with E-state index in [9.17, 15) is 0 Å². The molecule has 0 heterocycles. The van der Waals surface area contributed by atoms with Crippen LogP contribution < -0.4 is 5.32 Å². The van der Waals surface area contributed by atoms with Crippen LogP contribution in [-0.2, 0) is 0 Å². The van der Waals surface area contributed by atoms with E-state index in [1.807, 2.05) is 0 Å². The molecule has 0 saturated heterocycles. The van der Waals surface area contributed by atoms with Crippen molar-refractivity contribution < 1.29 is 0 Å². The van der Waals surface area contributed by atoms with Gasteiger partial charge in [-0.15, -0.1) is 0 Å². The highest BCUT2D eigenvalue weighted by atomic mass is 15.2. The minimum atomic E-state index is -0.00752. The zero-order valence-electron chi connectivity index (χ0n) is 10.7. The summed E-state index contributed by atoms with van der Waals surface area (Å²) in [5.74, 6) is 0. The minimum absolute atomic E-state index is 0.00752. The third kappa shape index (κ3) is 4.11. The highest BCUT2D eigenvalue weighted by molar-refractivity contribution is 4.93. The Labute approximate surface area is 99.8 Å². The average Bonchev–Trinajstić information content (AvgIpc) is 2.35. The monoisotopic (exact) mass is 223 g/mol. The van der Waals surface area contributed by atoms with Gasteiger partial charge in [-0.3, -0.25) is 4.90 Å². The topological polar surface area (TPSA) is 39.1 Å². The van der Waals surface area contributed by atoms with Gasteiger partial charge in [0.25, 0.3) is 0 Å². The first-order valence-electron chi connectivity index (χ1n) is 6.68.